The van der Waals surface area contributed by atoms with E-state index in [-0.39, 0.29) is 12.4 Å². The fourth-order valence-electron chi connectivity index (χ4n) is 3.56. The Morgan fingerprint density at radius 3 is 2.61 bits per heavy atom. The Kier molecular flexibility index (Phi) is 6.10. The lowest BCUT2D eigenvalue weighted by molar-refractivity contribution is -0.134. The number of nitrogens with one attached hydrogen (secondary N) is 1. The summed E-state index contributed by atoms with van der Waals surface area (Å²) in [6.45, 7) is 1.27. The molecule has 1 aromatic heterocycles. The highest BCUT2D eigenvalue weighted by Crippen LogP contribution is 2.29. The summed E-state index contributed by atoms with van der Waals surface area (Å²) in [6, 6.07) is 12.4. The molecule has 1 unspecified atom stereocenters. The van der Waals surface area contributed by atoms with Crippen LogP contribution in [0, 0.1) is 5.82 Å². The van der Waals surface area contributed by atoms with Gasteiger partial charge in [-0.1, -0.05) is 30.3 Å². The third kappa shape index (κ3) is 4.42. The molecule has 170 valence electrons. The van der Waals surface area contributed by atoms with Crippen LogP contribution in [0.3, 0.4) is 0 Å². The van der Waals surface area contributed by atoms with Gasteiger partial charge in [0.25, 0.3) is 11.8 Å². The van der Waals surface area contributed by atoms with E-state index in [0.717, 1.165) is 4.90 Å². The van der Waals surface area contributed by atoms with Gasteiger partial charge in [0.2, 0.25) is 0 Å². The van der Waals surface area contributed by atoms with Crippen molar-refractivity contribution >= 4 is 29.2 Å². The second-order valence-electron chi connectivity index (χ2n) is 7.59. The van der Waals surface area contributed by atoms with Crippen molar-refractivity contribution in [3.63, 3.8) is 0 Å². The van der Waals surface area contributed by atoms with Crippen LogP contribution in [0.25, 0.3) is 0 Å². The maximum Gasteiger partial charge on any atom is 0.325 e. The lowest BCUT2D eigenvalue weighted by Gasteiger charge is -2.22. The first-order valence-corrected chi connectivity index (χ1v) is 10.9. The van der Waals surface area contributed by atoms with Crippen molar-refractivity contribution in [2.24, 2.45) is 4.99 Å². The third-order valence-corrected chi connectivity index (χ3v) is 6.21. The Labute approximate surface area is 192 Å². The molecule has 2 aromatic carbocycles. The lowest BCUT2D eigenvalue weighted by atomic mass is 9.92. The monoisotopic (exact) mass is 468 g/mol. The lowest BCUT2D eigenvalue weighted by Crippen LogP contribution is -2.41. The molecule has 1 saturated heterocycles. The smallest absolute Gasteiger partial charge is 0.325 e. The average molecular weight is 469 g/mol. The molecule has 10 heteroatoms. The minimum Gasteiger partial charge on any atom is -0.497 e. The molecular formula is C23H21FN4O4S. The molecule has 0 saturated carbocycles. The first-order valence-electron chi connectivity index (χ1n) is 10.1. The topological polar surface area (TPSA) is 93.0 Å². The van der Waals surface area contributed by atoms with E-state index in [2.05, 4.69) is 10.3 Å². The highest BCUT2D eigenvalue weighted by molar-refractivity contribution is 7.07. The van der Waals surface area contributed by atoms with Crippen LogP contribution in [0.15, 0.2) is 65.1 Å². The highest BCUT2D eigenvalue weighted by atomic mass is 32.1. The second-order valence-corrected chi connectivity index (χ2v) is 8.46. The number of imide groups is 1. The van der Waals surface area contributed by atoms with Crippen LogP contribution < -0.4 is 14.9 Å². The Balaban J connectivity index is 1.52. The van der Waals surface area contributed by atoms with Crippen LogP contribution in [-0.2, 0) is 21.7 Å². The zero-order valence-electron chi connectivity index (χ0n) is 17.9. The van der Waals surface area contributed by atoms with Gasteiger partial charge >= 0.3 is 6.03 Å². The molecule has 1 atom stereocenters. The number of ether oxygens (including phenoxy) is 1. The summed E-state index contributed by atoms with van der Waals surface area (Å²) in [5.41, 5.74) is -0.291. The average Bonchev–Trinajstić information content (AvgIpc) is 3.32. The molecule has 1 N–H and O–H groups in total. The number of halogens is 1. The molecule has 0 bridgehead atoms. The predicted molar refractivity (Wildman–Crippen MR) is 119 cm³/mol. The first-order chi connectivity index (χ1) is 15.8. The van der Waals surface area contributed by atoms with E-state index in [1.165, 1.54) is 24.5 Å². The molecule has 1 aliphatic heterocycles. The molecule has 8 nitrogen and oxygen atoms in total. The normalized spacial score (nSPS) is 18.5. The Bertz CT molecular complexity index is 1280. The van der Waals surface area contributed by atoms with E-state index in [9.17, 15) is 18.8 Å². The number of hydrogen-bond donors (Lipinski definition) is 1. The maximum atomic E-state index is 14.0. The molecule has 0 aliphatic carbocycles. The van der Waals surface area contributed by atoms with Gasteiger partial charge in [-0.3, -0.25) is 14.5 Å². The molecule has 1 fully saturated rings. The number of nitrogens with zero attached hydrogens (tertiary/aromatic N) is 3. The van der Waals surface area contributed by atoms with Crippen LogP contribution in [0.4, 0.5) is 9.18 Å². The van der Waals surface area contributed by atoms with Crippen molar-refractivity contribution in [3.8, 4) is 5.75 Å². The van der Waals surface area contributed by atoms with E-state index in [1.807, 2.05) is 0 Å². The number of aromatic nitrogens is 1. The molecule has 2 heterocycles. The maximum absolute atomic E-state index is 14.0. The Hall–Kier alpha value is -3.79. The molecule has 0 spiro atoms. The third-order valence-electron chi connectivity index (χ3n) is 5.41. The van der Waals surface area contributed by atoms with Gasteiger partial charge in [0.1, 0.15) is 23.7 Å². The second kappa shape index (κ2) is 8.99. The van der Waals surface area contributed by atoms with E-state index >= 15 is 0 Å². The van der Waals surface area contributed by atoms with Crippen LogP contribution in [0.2, 0.25) is 0 Å². The molecule has 4 amide bonds. The first kappa shape index (κ1) is 22.4. The van der Waals surface area contributed by atoms with Gasteiger partial charge < -0.3 is 14.6 Å². The molecule has 4 rings (SSSR count). The van der Waals surface area contributed by atoms with Gasteiger partial charge in [0, 0.05) is 17.1 Å². The molecule has 3 aromatic rings. The molecular weight excluding hydrogens is 447 g/mol. The predicted octanol–water partition coefficient (Wildman–Crippen LogP) is 2.64. The number of thiazole rings is 1. The largest absolute Gasteiger partial charge is 0.497 e. The molecule has 0 radical (unpaired) electrons. The number of methoxy groups -OCH3 is 1. The van der Waals surface area contributed by atoms with Gasteiger partial charge in [-0.2, -0.15) is 4.99 Å². The van der Waals surface area contributed by atoms with Crippen molar-refractivity contribution < 1.29 is 23.5 Å². The zero-order chi connectivity index (χ0) is 23.6. The van der Waals surface area contributed by atoms with Crippen LogP contribution >= 0.6 is 11.3 Å². The Morgan fingerprint density at radius 2 is 1.91 bits per heavy atom. The summed E-state index contributed by atoms with van der Waals surface area (Å²) in [5, 5.41) is 4.38. The summed E-state index contributed by atoms with van der Waals surface area (Å²) < 4.78 is 20.7. The van der Waals surface area contributed by atoms with Gasteiger partial charge in [-0.25, -0.2) is 9.18 Å². The minimum absolute atomic E-state index is 0.195. The molecule has 1 aliphatic rings. The number of carbonyl (C=O) groups excluding carboxylic acids is 3. The zero-order valence-corrected chi connectivity index (χ0v) is 18.8. The van der Waals surface area contributed by atoms with E-state index < -0.39 is 29.9 Å². The summed E-state index contributed by atoms with van der Waals surface area (Å²) in [7, 11) is 1.53. The van der Waals surface area contributed by atoms with Gasteiger partial charge in [-0.15, -0.1) is 11.3 Å². The molecule has 33 heavy (non-hydrogen) atoms. The van der Waals surface area contributed by atoms with Gasteiger partial charge in [0.05, 0.1) is 13.7 Å². The van der Waals surface area contributed by atoms with Crippen molar-refractivity contribution in [2.45, 2.75) is 19.0 Å². The van der Waals surface area contributed by atoms with E-state index in [1.54, 1.807) is 65.5 Å². The van der Waals surface area contributed by atoms with Crippen molar-refractivity contribution in [3.05, 3.63) is 81.9 Å². The summed E-state index contributed by atoms with van der Waals surface area (Å²) >= 11 is 1.20. The van der Waals surface area contributed by atoms with Crippen molar-refractivity contribution in [1.29, 1.82) is 0 Å². The summed E-state index contributed by atoms with van der Waals surface area (Å²) in [5.74, 6) is -0.955. The van der Waals surface area contributed by atoms with Crippen LogP contribution in [0.1, 0.15) is 18.1 Å². The quantitative estimate of drug-likeness (QED) is 0.563. The fraction of sp³-hybridized carbons (Fsp3) is 0.217. The number of hydrogen-bond acceptors (Lipinski definition) is 5. The van der Waals surface area contributed by atoms with Gasteiger partial charge in [0.15, 0.2) is 4.80 Å². The van der Waals surface area contributed by atoms with Gasteiger partial charge in [-0.05, 0) is 30.7 Å². The van der Waals surface area contributed by atoms with Crippen LogP contribution in [-0.4, -0.2) is 41.0 Å². The number of benzene rings is 2. The minimum atomic E-state index is -1.31. The number of amides is 4. The number of rotatable bonds is 6. The van der Waals surface area contributed by atoms with Crippen molar-refractivity contribution in [1.82, 2.24) is 14.8 Å². The SMILES string of the molecule is COc1ccc(C2(C)NC(=O)N(CC(=O)N=c3sccn3Cc3ccccc3F)C2=O)cc1. The number of carbonyl (C=O) groups is 3. The van der Waals surface area contributed by atoms with Crippen molar-refractivity contribution in [2.75, 3.05) is 13.7 Å². The van der Waals surface area contributed by atoms with E-state index in [4.69, 9.17) is 4.74 Å². The summed E-state index contributed by atoms with van der Waals surface area (Å²) in [4.78, 5) is 43.4. The Morgan fingerprint density at radius 1 is 1.18 bits per heavy atom. The van der Waals surface area contributed by atoms with E-state index in [0.29, 0.717) is 21.7 Å². The van der Waals surface area contributed by atoms with Crippen LogP contribution in [0.5, 0.6) is 5.75 Å². The standard InChI is InChI=1S/C23H21FN4O4S/c1-23(16-7-9-17(32-2)10-8-16)20(30)28(21(31)26-23)14-19(29)25-22-27(11-12-33-22)13-15-5-3-4-6-18(15)24/h3-12H,13-14H2,1-2H3,(H,26,31). The number of urea groups is 1. The highest BCUT2D eigenvalue weighted by Gasteiger charge is 2.49. The summed E-state index contributed by atoms with van der Waals surface area (Å²) in [6.07, 6.45) is 1.69. The fourth-order valence-corrected chi connectivity index (χ4v) is 4.30.